The number of ether oxygens (including phenoxy) is 2. The number of hydrogen-bond donors (Lipinski definition) is 1. The quantitative estimate of drug-likeness (QED) is 0.233. The van der Waals surface area contributed by atoms with Crippen LogP contribution in [0, 0.1) is 0 Å². The molecule has 1 fully saturated rings. The molecule has 1 amide bonds. The van der Waals surface area contributed by atoms with E-state index in [1.165, 1.54) is 12.1 Å². The van der Waals surface area contributed by atoms with E-state index >= 15 is 0 Å². The van der Waals surface area contributed by atoms with Gasteiger partial charge in [-0.2, -0.15) is 13.2 Å². The molecule has 0 atom stereocenters. The Kier molecular flexibility index (Phi) is 9.73. The van der Waals surface area contributed by atoms with Crippen LogP contribution in [0.4, 0.5) is 24.7 Å². The normalized spacial score (nSPS) is 14.0. The van der Waals surface area contributed by atoms with E-state index in [1.54, 1.807) is 7.11 Å². The number of alkyl halides is 3. The maximum absolute atomic E-state index is 13.2. The third kappa shape index (κ3) is 7.99. The van der Waals surface area contributed by atoms with Crippen LogP contribution in [0.3, 0.4) is 0 Å². The number of rotatable bonds is 11. The van der Waals surface area contributed by atoms with Gasteiger partial charge in [0.1, 0.15) is 11.6 Å². The Morgan fingerprint density at radius 3 is 2.51 bits per heavy atom. The van der Waals surface area contributed by atoms with Crippen molar-refractivity contribution in [3.63, 3.8) is 0 Å². The lowest BCUT2D eigenvalue weighted by atomic mass is 10.1. The summed E-state index contributed by atoms with van der Waals surface area (Å²) in [7, 11) is 1.61. The molecule has 11 heteroatoms. The van der Waals surface area contributed by atoms with Crippen molar-refractivity contribution in [1.82, 2.24) is 14.9 Å². The molecule has 0 aliphatic carbocycles. The molecule has 0 radical (unpaired) electrons. The Balaban J connectivity index is 1.39. The van der Waals surface area contributed by atoms with Crippen molar-refractivity contribution in [2.75, 3.05) is 63.3 Å². The molecular weight excluding hydrogens is 559 g/mol. The fourth-order valence-corrected chi connectivity index (χ4v) is 5.04. The number of halogens is 3. The Morgan fingerprint density at radius 2 is 1.77 bits per heavy atom. The molecule has 5 rings (SSSR count). The van der Waals surface area contributed by atoms with Crippen molar-refractivity contribution < 1.29 is 27.4 Å². The van der Waals surface area contributed by atoms with Crippen LogP contribution >= 0.6 is 0 Å². The van der Waals surface area contributed by atoms with Gasteiger partial charge in [0.05, 0.1) is 31.4 Å². The summed E-state index contributed by atoms with van der Waals surface area (Å²) in [6.07, 6.45) is -3.61. The smallest absolute Gasteiger partial charge is 0.416 e. The van der Waals surface area contributed by atoms with Crippen molar-refractivity contribution in [2.24, 2.45) is 0 Å². The maximum atomic E-state index is 13.2. The summed E-state index contributed by atoms with van der Waals surface area (Å²) in [6, 6.07) is 19.9. The highest BCUT2D eigenvalue weighted by atomic mass is 19.4. The minimum atomic E-state index is -4.49. The van der Waals surface area contributed by atoms with Gasteiger partial charge in [0.2, 0.25) is 5.91 Å². The fourth-order valence-electron chi connectivity index (χ4n) is 5.04. The molecule has 0 spiro atoms. The molecule has 0 bridgehead atoms. The van der Waals surface area contributed by atoms with E-state index in [4.69, 9.17) is 19.4 Å². The molecule has 1 aliphatic heterocycles. The molecule has 1 N–H and O–H groups in total. The highest BCUT2D eigenvalue weighted by Crippen LogP contribution is 2.31. The molecule has 2 heterocycles. The molecule has 3 aromatic carbocycles. The molecule has 1 saturated heterocycles. The Labute approximate surface area is 248 Å². The molecule has 226 valence electrons. The topological polar surface area (TPSA) is 79.8 Å². The largest absolute Gasteiger partial charge is 0.497 e. The second-order valence-corrected chi connectivity index (χ2v) is 10.3. The lowest BCUT2D eigenvalue weighted by molar-refractivity contribution is -0.137. The minimum absolute atomic E-state index is 0.0595. The number of amides is 1. The predicted octanol–water partition coefficient (Wildman–Crippen LogP) is 5.88. The van der Waals surface area contributed by atoms with E-state index in [9.17, 15) is 18.0 Å². The summed E-state index contributed by atoms with van der Waals surface area (Å²) in [5, 5.41) is 3.47. The third-order valence-electron chi connectivity index (χ3n) is 7.32. The first-order valence-electron chi connectivity index (χ1n) is 14.2. The van der Waals surface area contributed by atoms with Gasteiger partial charge < -0.3 is 19.7 Å². The number of benzene rings is 3. The SMILES string of the molecule is COc1ccc(-c2nc(N(CCCN3CCOCC3)CCC(=O)Nc3cccc(C(F)(F)F)c3)c3ccccc3n2)cc1. The van der Waals surface area contributed by atoms with Crippen molar-refractivity contribution in [3.8, 4) is 17.1 Å². The number of para-hydroxylation sites is 1. The molecule has 0 unspecified atom stereocenters. The second-order valence-electron chi connectivity index (χ2n) is 10.3. The van der Waals surface area contributed by atoms with Crippen molar-refractivity contribution >= 4 is 28.3 Å². The number of nitrogens with one attached hydrogen (secondary N) is 1. The van der Waals surface area contributed by atoms with Crippen LogP contribution in [0.15, 0.2) is 72.8 Å². The zero-order valence-electron chi connectivity index (χ0n) is 23.9. The molecule has 4 aromatic rings. The van der Waals surface area contributed by atoms with Gasteiger partial charge in [-0.25, -0.2) is 9.97 Å². The number of hydrogen-bond acceptors (Lipinski definition) is 7. The van der Waals surface area contributed by atoms with Crippen LogP contribution in [0.2, 0.25) is 0 Å². The third-order valence-corrected chi connectivity index (χ3v) is 7.32. The van der Waals surface area contributed by atoms with E-state index in [-0.39, 0.29) is 18.0 Å². The number of methoxy groups -OCH3 is 1. The first kappa shape index (κ1) is 30.2. The number of aromatic nitrogens is 2. The summed E-state index contributed by atoms with van der Waals surface area (Å²) >= 11 is 0. The number of carbonyl (C=O) groups excluding carboxylic acids is 1. The van der Waals surface area contributed by atoms with E-state index in [0.29, 0.717) is 37.9 Å². The predicted molar refractivity (Wildman–Crippen MR) is 160 cm³/mol. The van der Waals surface area contributed by atoms with Gasteiger partial charge in [-0.15, -0.1) is 0 Å². The van der Waals surface area contributed by atoms with Gasteiger partial charge in [-0.1, -0.05) is 18.2 Å². The van der Waals surface area contributed by atoms with Crippen LogP contribution < -0.4 is 15.0 Å². The Bertz CT molecular complexity index is 1530. The molecule has 43 heavy (non-hydrogen) atoms. The standard InChI is InChI=1S/C32H34F3N5O3/c1-42-26-12-10-23(11-13-26)30-37-28-9-3-2-8-27(28)31(38-30)40(16-5-15-39-18-20-43-21-19-39)17-14-29(41)36-25-7-4-6-24(22-25)32(33,34)35/h2-4,6-13,22H,5,14-21H2,1H3,(H,36,41). The Hall–Kier alpha value is -4.22. The molecule has 8 nitrogen and oxygen atoms in total. The highest BCUT2D eigenvalue weighted by molar-refractivity contribution is 5.93. The average Bonchev–Trinajstić information content (AvgIpc) is 3.02. The molecule has 1 aromatic heterocycles. The summed E-state index contributed by atoms with van der Waals surface area (Å²) < 4.78 is 50.3. The van der Waals surface area contributed by atoms with Gasteiger partial charge in [-0.05, 0) is 61.0 Å². The monoisotopic (exact) mass is 593 g/mol. The van der Waals surface area contributed by atoms with E-state index < -0.39 is 11.7 Å². The average molecular weight is 594 g/mol. The van der Waals surface area contributed by atoms with Crippen LogP contribution in [0.1, 0.15) is 18.4 Å². The van der Waals surface area contributed by atoms with Crippen molar-refractivity contribution in [2.45, 2.75) is 19.0 Å². The number of fused-ring (bicyclic) bond motifs is 1. The second kappa shape index (κ2) is 13.8. The van der Waals surface area contributed by atoms with Gasteiger partial charge in [-0.3, -0.25) is 9.69 Å². The van der Waals surface area contributed by atoms with E-state index in [2.05, 4.69) is 15.1 Å². The first-order chi connectivity index (χ1) is 20.8. The van der Waals surface area contributed by atoms with Crippen LogP contribution in [-0.2, 0) is 15.7 Å². The molecule has 0 saturated carbocycles. The molecular formula is C32H34F3N5O3. The van der Waals surface area contributed by atoms with Gasteiger partial charge >= 0.3 is 6.18 Å². The lowest BCUT2D eigenvalue weighted by Crippen LogP contribution is -2.38. The van der Waals surface area contributed by atoms with Crippen LogP contribution in [0.25, 0.3) is 22.3 Å². The summed E-state index contributed by atoms with van der Waals surface area (Å²) in [6.45, 7) is 4.97. The molecule has 1 aliphatic rings. The zero-order chi connectivity index (χ0) is 30.2. The maximum Gasteiger partial charge on any atom is 0.416 e. The van der Waals surface area contributed by atoms with E-state index in [0.717, 1.165) is 60.4 Å². The summed E-state index contributed by atoms with van der Waals surface area (Å²) in [5.41, 5.74) is 0.884. The summed E-state index contributed by atoms with van der Waals surface area (Å²) in [5.74, 6) is 1.58. The minimum Gasteiger partial charge on any atom is -0.497 e. The summed E-state index contributed by atoms with van der Waals surface area (Å²) in [4.78, 5) is 27.2. The van der Waals surface area contributed by atoms with Crippen molar-refractivity contribution in [3.05, 3.63) is 78.4 Å². The highest BCUT2D eigenvalue weighted by Gasteiger charge is 2.30. The number of nitrogens with zero attached hydrogens (tertiary/aromatic N) is 4. The zero-order valence-corrected chi connectivity index (χ0v) is 23.9. The number of morpholine rings is 1. The van der Waals surface area contributed by atoms with E-state index in [1.807, 2.05) is 48.5 Å². The van der Waals surface area contributed by atoms with Gasteiger partial charge in [0.15, 0.2) is 5.82 Å². The van der Waals surface area contributed by atoms with Gasteiger partial charge in [0, 0.05) is 55.8 Å². The van der Waals surface area contributed by atoms with Crippen LogP contribution in [0.5, 0.6) is 5.75 Å². The van der Waals surface area contributed by atoms with Crippen molar-refractivity contribution in [1.29, 1.82) is 0 Å². The lowest BCUT2D eigenvalue weighted by Gasteiger charge is -2.29. The number of carbonyl (C=O) groups is 1. The number of anilines is 2. The Morgan fingerprint density at radius 1 is 1.00 bits per heavy atom. The first-order valence-corrected chi connectivity index (χ1v) is 14.2. The van der Waals surface area contributed by atoms with Crippen LogP contribution in [-0.4, -0.2) is 73.8 Å². The van der Waals surface area contributed by atoms with Gasteiger partial charge in [0.25, 0.3) is 0 Å². The fraction of sp³-hybridized carbons (Fsp3) is 0.344.